The number of aliphatic hydroxyl groups is 1. The second-order valence-electron chi connectivity index (χ2n) is 7.60. The zero-order valence-corrected chi connectivity index (χ0v) is 15.3. The maximum absolute atomic E-state index is 12.2. The summed E-state index contributed by atoms with van der Waals surface area (Å²) in [7, 11) is 1.81. The van der Waals surface area contributed by atoms with E-state index in [0.29, 0.717) is 13.1 Å². The SMILES string of the molecule is CN(C[C@@H]1CCC[C@@H]1O)C(=O)NCc1ccc(CN2CCCC2)cc1. The lowest BCUT2D eigenvalue weighted by Crippen LogP contribution is -2.40. The smallest absolute Gasteiger partial charge is 0.317 e. The van der Waals surface area contributed by atoms with Crippen LogP contribution in [0.3, 0.4) is 0 Å². The van der Waals surface area contributed by atoms with Gasteiger partial charge in [-0.3, -0.25) is 4.90 Å². The zero-order valence-electron chi connectivity index (χ0n) is 15.3. The molecular weight excluding hydrogens is 314 g/mol. The Morgan fingerprint density at radius 3 is 2.48 bits per heavy atom. The minimum absolute atomic E-state index is 0.0692. The molecule has 25 heavy (non-hydrogen) atoms. The third-order valence-electron chi connectivity index (χ3n) is 5.55. The molecule has 5 nitrogen and oxygen atoms in total. The molecule has 2 aliphatic rings. The van der Waals surface area contributed by atoms with Crippen LogP contribution in [0.15, 0.2) is 24.3 Å². The summed E-state index contributed by atoms with van der Waals surface area (Å²) >= 11 is 0. The van der Waals surface area contributed by atoms with Crippen molar-refractivity contribution < 1.29 is 9.90 Å². The monoisotopic (exact) mass is 345 g/mol. The Morgan fingerprint density at radius 1 is 1.16 bits per heavy atom. The quantitative estimate of drug-likeness (QED) is 0.833. The largest absolute Gasteiger partial charge is 0.393 e. The summed E-state index contributed by atoms with van der Waals surface area (Å²) in [5, 5.41) is 12.9. The Balaban J connectivity index is 1.41. The van der Waals surface area contributed by atoms with Gasteiger partial charge in [0.1, 0.15) is 0 Å². The average Bonchev–Trinajstić information content (AvgIpc) is 3.26. The van der Waals surface area contributed by atoms with E-state index in [2.05, 4.69) is 34.5 Å². The van der Waals surface area contributed by atoms with Crippen molar-refractivity contribution in [3.8, 4) is 0 Å². The Morgan fingerprint density at radius 2 is 1.84 bits per heavy atom. The number of nitrogens with zero attached hydrogens (tertiary/aromatic N) is 2. The van der Waals surface area contributed by atoms with E-state index in [4.69, 9.17) is 0 Å². The Kier molecular flexibility index (Phi) is 6.32. The van der Waals surface area contributed by atoms with Crippen molar-refractivity contribution in [3.63, 3.8) is 0 Å². The molecule has 138 valence electrons. The molecule has 2 atom stereocenters. The molecule has 2 fully saturated rings. The van der Waals surface area contributed by atoms with Crippen molar-refractivity contribution in [2.45, 2.75) is 51.3 Å². The fourth-order valence-electron chi connectivity index (χ4n) is 3.94. The number of urea groups is 1. The summed E-state index contributed by atoms with van der Waals surface area (Å²) in [5.41, 5.74) is 2.46. The first-order valence-corrected chi connectivity index (χ1v) is 9.59. The van der Waals surface area contributed by atoms with E-state index in [1.165, 1.54) is 31.5 Å². The van der Waals surface area contributed by atoms with Gasteiger partial charge in [0.25, 0.3) is 0 Å². The molecule has 0 bridgehead atoms. The highest BCUT2D eigenvalue weighted by Crippen LogP contribution is 2.25. The van der Waals surface area contributed by atoms with Gasteiger partial charge in [-0.15, -0.1) is 0 Å². The van der Waals surface area contributed by atoms with E-state index in [9.17, 15) is 9.90 Å². The van der Waals surface area contributed by atoms with Gasteiger partial charge in [-0.05, 0) is 49.9 Å². The van der Waals surface area contributed by atoms with E-state index in [0.717, 1.165) is 31.4 Å². The Bertz CT molecular complexity index is 555. The van der Waals surface area contributed by atoms with Crippen LogP contribution in [0, 0.1) is 5.92 Å². The first kappa shape index (κ1) is 18.2. The van der Waals surface area contributed by atoms with Gasteiger partial charge in [0.15, 0.2) is 0 Å². The van der Waals surface area contributed by atoms with E-state index in [1.807, 2.05) is 0 Å². The Hall–Kier alpha value is -1.59. The number of likely N-dealkylation sites (tertiary alicyclic amines) is 1. The highest BCUT2D eigenvalue weighted by atomic mass is 16.3. The summed E-state index contributed by atoms with van der Waals surface area (Å²) in [6, 6.07) is 8.47. The summed E-state index contributed by atoms with van der Waals surface area (Å²) in [6.45, 7) is 4.61. The third-order valence-corrected chi connectivity index (χ3v) is 5.55. The van der Waals surface area contributed by atoms with Crippen molar-refractivity contribution in [3.05, 3.63) is 35.4 Å². The van der Waals surface area contributed by atoms with E-state index in [1.54, 1.807) is 11.9 Å². The number of carbonyl (C=O) groups is 1. The zero-order chi connectivity index (χ0) is 17.6. The molecule has 0 radical (unpaired) electrons. The first-order valence-electron chi connectivity index (χ1n) is 9.59. The van der Waals surface area contributed by atoms with Gasteiger partial charge in [0.2, 0.25) is 0 Å². The summed E-state index contributed by atoms with van der Waals surface area (Å²) in [4.78, 5) is 16.4. The number of rotatable bonds is 6. The molecule has 1 saturated carbocycles. The number of hydrogen-bond acceptors (Lipinski definition) is 3. The molecule has 1 heterocycles. The second kappa shape index (κ2) is 8.68. The van der Waals surface area contributed by atoms with Crippen molar-refractivity contribution >= 4 is 6.03 Å². The average molecular weight is 345 g/mol. The van der Waals surface area contributed by atoms with Crippen molar-refractivity contribution in [2.24, 2.45) is 5.92 Å². The molecule has 2 amide bonds. The molecule has 1 aliphatic carbocycles. The van der Waals surface area contributed by atoms with Crippen LogP contribution < -0.4 is 5.32 Å². The van der Waals surface area contributed by atoms with E-state index >= 15 is 0 Å². The number of benzene rings is 1. The second-order valence-corrected chi connectivity index (χ2v) is 7.60. The number of amides is 2. The van der Waals surface area contributed by atoms with Crippen LogP contribution in [0.5, 0.6) is 0 Å². The van der Waals surface area contributed by atoms with E-state index < -0.39 is 0 Å². The maximum atomic E-state index is 12.2. The number of aliphatic hydroxyl groups excluding tert-OH is 1. The van der Waals surface area contributed by atoms with Crippen LogP contribution >= 0.6 is 0 Å². The predicted molar refractivity (Wildman–Crippen MR) is 99.2 cm³/mol. The maximum Gasteiger partial charge on any atom is 0.317 e. The molecule has 2 N–H and O–H groups in total. The van der Waals surface area contributed by atoms with Crippen LogP contribution in [-0.2, 0) is 13.1 Å². The fourth-order valence-corrected chi connectivity index (χ4v) is 3.94. The lowest BCUT2D eigenvalue weighted by Gasteiger charge is -2.23. The van der Waals surface area contributed by atoms with Crippen LogP contribution in [0.25, 0.3) is 0 Å². The molecule has 1 saturated heterocycles. The minimum atomic E-state index is -0.251. The Labute approximate surface area is 151 Å². The topological polar surface area (TPSA) is 55.8 Å². The number of hydrogen-bond donors (Lipinski definition) is 2. The van der Waals surface area contributed by atoms with Gasteiger partial charge >= 0.3 is 6.03 Å². The van der Waals surface area contributed by atoms with Crippen molar-refractivity contribution in [1.82, 2.24) is 15.1 Å². The molecular formula is C20H31N3O2. The normalized spacial score (nSPS) is 23.8. The number of nitrogens with one attached hydrogen (secondary N) is 1. The molecule has 3 rings (SSSR count). The summed E-state index contributed by atoms with van der Waals surface area (Å²) < 4.78 is 0. The van der Waals surface area contributed by atoms with Crippen LogP contribution in [0.4, 0.5) is 4.79 Å². The van der Waals surface area contributed by atoms with Gasteiger partial charge < -0.3 is 15.3 Å². The molecule has 5 heteroatoms. The fraction of sp³-hybridized carbons (Fsp3) is 0.650. The van der Waals surface area contributed by atoms with Gasteiger partial charge in [-0.2, -0.15) is 0 Å². The minimum Gasteiger partial charge on any atom is -0.393 e. The first-order chi connectivity index (χ1) is 12.1. The molecule has 1 aromatic rings. The molecule has 0 aromatic heterocycles. The summed E-state index contributed by atoms with van der Waals surface area (Å²) in [5.74, 6) is 0.223. The molecule has 1 aromatic carbocycles. The number of carbonyl (C=O) groups excluding carboxylic acids is 1. The highest BCUT2D eigenvalue weighted by molar-refractivity contribution is 5.73. The third kappa shape index (κ3) is 5.19. The summed E-state index contributed by atoms with van der Waals surface area (Å²) in [6.07, 6.45) is 5.32. The predicted octanol–water partition coefficient (Wildman–Crippen LogP) is 2.58. The lowest BCUT2D eigenvalue weighted by atomic mass is 10.1. The van der Waals surface area contributed by atoms with Gasteiger partial charge in [-0.25, -0.2) is 4.79 Å². The van der Waals surface area contributed by atoms with Crippen molar-refractivity contribution in [2.75, 3.05) is 26.7 Å². The lowest BCUT2D eigenvalue weighted by molar-refractivity contribution is 0.114. The van der Waals surface area contributed by atoms with Crippen molar-refractivity contribution in [1.29, 1.82) is 0 Å². The van der Waals surface area contributed by atoms with E-state index in [-0.39, 0.29) is 18.1 Å². The molecule has 0 spiro atoms. The standard InChI is InChI=1S/C20H31N3O2/c1-22(15-18-5-4-6-19(18)24)20(25)21-13-16-7-9-17(10-8-16)14-23-11-2-3-12-23/h7-10,18-19,24H,2-6,11-15H2,1H3,(H,21,25)/t18-,19-/m0/s1. The van der Waals surface area contributed by atoms with Gasteiger partial charge in [-0.1, -0.05) is 30.7 Å². The van der Waals surface area contributed by atoms with Gasteiger partial charge in [0, 0.05) is 32.6 Å². The van der Waals surface area contributed by atoms with Crippen LogP contribution in [0.2, 0.25) is 0 Å². The molecule has 0 unspecified atom stereocenters. The highest BCUT2D eigenvalue weighted by Gasteiger charge is 2.27. The molecule has 1 aliphatic heterocycles. The van der Waals surface area contributed by atoms with Crippen LogP contribution in [-0.4, -0.2) is 53.7 Å². The van der Waals surface area contributed by atoms with Crippen LogP contribution in [0.1, 0.15) is 43.2 Å². The van der Waals surface area contributed by atoms with Gasteiger partial charge in [0.05, 0.1) is 6.10 Å².